The Morgan fingerprint density at radius 1 is 1.13 bits per heavy atom. The van der Waals surface area contributed by atoms with Crippen molar-refractivity contribution in [3.8, 4) is 17.6 Å². The summed E-state index contributed by atoms with van der Waals surface area (Å²) in [5.41, 5.74) is 4.18. The van der Waals surface area contributed by atoms with Gasteiger partial charge in [-0.15, -0.1) is 0 Å². The quantitative estimate of drug-likeness (QED) is 0.530. The predicted octanol–water partition coefficient (Wildman–Crippen LogP) is 4.23. The van der Waals surface area contributed by atoms with Crippen molar-refractivity contribution in [2.24, 2.45) is 0 Å². The summed E-state index contributed by atoms with van der Waals surface area (Å²) < 4.78 is 7.10. The minimum atomic E-state index is -0.394. The largest absolute Gasteiger partial charge is 0.484 e. The number of fused-ring (bicyclic) bond motifs is 1. The van der Waals surface area contributed by atoms with E-state index in [2.05, 4.69) is 21.5 Å². The summed E-state index contributed by atoms with van der Waals surface area (Å²) in [6.45, 7) is 5.73. The smallest absolute Gasteiger partial charge is 0.263 e. The maximum Gasteiger partial charge on any atom is 0.263 e. The van der Waals surface area contributed by atoms with E-state index in [-0.39, 0.29) is 18.0 Å². The standard InChI is InChI=1S/C24H21N5O2/c1-15-8-16(2)10-19(9-15)31-14-23(30)28-24-18(12-25)13-26-29(24)22-11-17(3)20-6-4-5-7-21(20)27-22/h4-11,13H,14H2,1-3H3,(H,28,30). The topological polar surface area (TPSA) is 92.8 Å². The van der Waals surface area contributed by atoms with Gasteiger partial charge in [0.15, 0.2) is 18.2 Å². The molecule has 4 rings (SSSR count). The minimum absolute atomic E-state index is 0.191. The number of nitrogens with zero attached hydrogens (tertiary/aromatic N) is 4. The Bertz CT molecular complexity index is 1310. The Balaban J connectivity index is 1.60. The molecule has 0 bridgehead atoms. The third kappa shape index (κ3) is 4.23. The lowest BCUT2D eigenvalue weighted by Gasteiger charge is -2.12. The number of carbonyl (C=O) groups excluding carboxylic acids is 1. The predicted molar refractivity (Wildman–Crippen MR) is 118 cm³/mol. The van der Waals surface area contributed by atoms with Crippen LogP contribution in [0.25, 0.3) is 16.7 Å². The van der Waals surface area contributed by atoms with Crippen molar-refractivity contribution in [1.29, 1.82) is 5.26 Å². The van der Waals surface area contributed by atoms with E-state index in [0.717, 1.165) is 27.6 Å². The second kappa shape index (κ2) is 8.28. The Labute approximate surface area is 179 Å². The molecule has 0 spiro atoms. The molecule has 2 heterocycles. The summed E-state index contributed by atoms with van der Waals surface area (Å²) in [6.07, 6.45) is 1.41. The molecule has 0 aliphatic heterocycles. The van der Waals surface area contributed by atoms with Gasteiger partial charge in [0, 0.05) is 5.39 Å². The molecule has 4 aromatic rings. The van der Waals surface area contributed by atoms with Crippen LogP contribution < -0.4 is 10.1 Å². The fourth-order valence-corrected chi connectivity index (χ4v) is 3.50. The lowest BCUT2D eigenvalue weighted by Crippen LogP contribution is -2.22. The van der Waals surface area contributed by atoms with Crippen LogP contribution >= 0.6 is 0 Å². The van der Waals surface area contributed by atoms with Gasteiger partial charge in [-0.3, -0.25) is 4.79 Å². The first kappa shape index (κ1) is 20.1. The van der Waals surface area contributed by atoms with Crippen molar-refractivity contribution in [2.45, 2.75) is 20.8 Å². The fourth-order valence-electron chi connectivity index (χ4n) is 3.50. The van der Waals surface area contributed by atoms with Crippen molar-refractivity contribution >= 4 is 22.6 Å². The second-order valence-corrected chi connectivity index (χ2v) is 7.41. The van der Waals surface area contributed by atoms with Crippen LogP contribution in [0.5, 0.6) is 5.75 Å². The van der Waals surface area contributed by atoms with Crippen molar-refractivity contribution in [3.05, 3.63) is 77.0 Å². The number of pyridine rings is 1. The molecule has 0 saturated carbocycles. The van der Waals surface area contributed by atoms with E-state index < -0.39 is 5.91 Å². The highest BCUT2D eigenvalue weighted by Gasteiger charge is 2.17. The average Bonchev–Trinajstić information content (AvgIpc) is 3.14. The highest BCUT2D eigenvalue weighted by Crippen LogP contribution is 2.23. The number of hydrogen-bond acceptors (Lipinski definition) is 5. The number of carbonyl (C=O) groups is 1. The van der Waals surface area contributed by atoms with Gasteiger partial charge in [-0.1, -0.05) is 24.3 Å². The van der Waals surface area contributed by atoms with Gasteiger partial charge in [0.05, 0.1) is 11.7 Å². The van der Waals surface area contributed by atoms with Crippen LogP contribution in [0.15, 0.2) is 54.7 Å². The first-order valence-corrected chi connectivity index (χ1v) is 9.80. The number of nitrogens with one attached hydrogen (secondary N) is 1. The van der Waals surface area contributed by atoms with Crippen LogP contribution in [-0.4, -0.2) is 27.3 Å². The molecule has 0 saturated heterocycles. The van der Waals surface area contributed by atoms with E-state index in [4.69, 9.17) is 4.74 Å². The van der Waals surface area contributed by atoms with Crippen molar-refractivity contribution < 1.29 is 9.53 Å². The molecule has 2 aromatic heterocycles. The lowest BCUT2D eigenvalue weighted by atomic mass is 10.1. The second-order valence-electron chi connectivity index (χ2n) is 7.41. The summed E-state index contributed by atoms with van der Waals surface area (Å²) in [4.78, 5) is 17.2. The van der Waals surface area contributed by atoms with E-state index in [1.807, 2.05) is 69.3 Å². The van der Waals surface area contributed by atoms with Crippen LogP contribution in [0, 0.1) is 32.1 Å². The summed E-state index contributed by atoms with van der Waals surface area (Å²) in [7, 11) is 0. The first-order valence-electron chi connectivity index (χ1n) is 9.80. The molecular formula is C24H21N5O2. The van der Waals surface area contributed by atoms with Gasteiger partial charge in [0.2, 0.25) is 0 Å². The maximum atomic E-state index is 12.6. The Morgan fingerprint density at radius 2 is 1.87 bits per heavy atom. The summed E-state index contributed by atoms with van der Waals surface area (Å²) in [6, 6.07) is 17.5. The SMILES string of the molecule is Cc1cc(C)cc(OCC(=O)Nc2c(C#N)cnn2-c2cc(C)c3ccccc3n2)c1. The van der Waals surface area contributed by atoms with Gasteiger partial charge in [-0.05, 0) is 61.7 Å². The average molecular weight is 411 g/mol. The number of aryl methyl sites for hydroxylation is 3. The molecule has 0 aliphatic rings. The number of para-hydroxylation sites is 1. The van der Waals surface area contributed by atoms with E-state index in [1.54, 1.807) is 0 Å². The van der Waals surface area contributed by atoms with Crippen molar-refractivity contribution in [1.82, 2.24) is 14.8 Å². The molecular weight excluding hydrogens is 390 g/mol. The van der Waals surface area contributed by atoms with E-state index in [9.17, 15) is 10.1 Å². The van der Waals surface area contributed by atoms with Crippen LogP contribution in [0.4, 0.5) is 5.82 Å². The molecule has 0 atom stereocenters. The number of nitriles is 1. The molecule has 0 aliphatic carbocycles. The highest BCUT2D eigenvalue weighted by molar-refractivity contribution is 5.92. The first-order chi connectivity index (χ1) is 14.9. The van der Waals surface area contributed by atoms with Gasteiger partial charge in [0.25, 0.3) is 5.91 Å². The Hall–Kier alpha value is -4.18. The minimum Gasteiger partial charge on any atom is -0.484 e. The molecule has 7 nitrogen and oxygen atoms in total. The monoisotopic (exact) mass is 411 g/mol. The molecule has 154 valence electrons. The van der Waals surface area contributed by atoms with E-state index in [0.29, 0.717) is 11.6 Å². The van der Waals surface area contributed by atoms with Gasteiger partial charge >= 0.3 is 0 Å². The number of ether oxygens (including phenoxy) is 1. The van der Waals surface area contributed by atoms with Gasteiger partial charge < -0.3 is 10.1 Å². The zero-order valence-electron chi connectivity index (χ0n) is 17.5. The van der Waals surface area contributed by atoms with Crippen LogP contribution in [-0.2, 0) is 4.79 Å². The molecule has 0 radical (unpaired) electrons. The molecule has 1 N–H and O–H groups in total. The third-order valence-corrected chi connectivity index (χ3v) is 4.84. The van der Waals surface area contributed by atoms with E-state index >= 15 is 0 Å². The molecule has 0 fully saturated rings. The molecule has 31 heavy (non-hydrogen) atoms. The molecule has 2 aromatic carbocycles. The molecule has 1 amide bonds. The number of rotatable bonds is 5. The maximum absolute atomic E-state index is 12.6. The molecule has 0 unspecified atom stereocenters. The normalized spacial score (nSPS) is 10.6. The van der Waals surface area contributed by atoms with Crippen LogP contribution in [0.1, 0.15) is 22.3 Å². The number of benzene rings is 2. The number of aromatic nitrogens is 3. The number of amides is 1. The Kier molecular flexibility index (Phi) is 5.37. The fraction of sp³-hybridized carbons (Fsp3) is 0.167. The Morgan fingerprint density at radius 3 is 2.61 bits per heavy atom. The van der Waals surface area contributed by atoms with Gasteiger partial charge in [-0.2, -0.15) is 15.0 Å². The highest BCUT2D eigenvalue weighted by atomic mass is 16.5. The third-order valence-electron chi connectivity index (χ3n) is 4.84. The zero-order chi connectivity index (χ0) is 22.0. The zero-order valence-corrected chi connectivity index (χ0v) is 17.5. The molecule has 7 heteroatoms. The van der Waals surface area contributed by atoms with Gasteiger partial charge in [0.1, 0.15) is 17.4 Å². The summed E-state index contributed by atoms with van der Waals surface area (Å²) >= 11 is 0. The van der Waals surface area contributed by atoms with Crippen molar-refractivity contribution in [3.63, 3.8) is 0 Å². The lowest BCUT2D eigenvalue weighted by molar-refractivity contribution is -0.118. The number of hydrogen-bond donors (Lipinski definition) is 1. The van der Waals surface area contributed by atoms with Crippen LogP contribution in [0.3, 0.4) is 0 Å². The van der Waals surface area contributed by atoms with Crippen LogP contribution in [0.2, 0.25) is 0 Å². The van der Waals surface area contributed by atoms with Gasteiger partial charge in [-0.25, -0.2) is 4.98 Å². The van der Waals surface area contributed by atoms with Crippen molar-refractivity contribution in [2.75, 3.05) is 11.9 Å². The number of anilines is 1. The summed E-state index contributed by atoms with van der Waals surface area (Å²) in [5, 5.41) is 17.5. The van der Waals surface area contributed by atoms with E-state index in [1.165, 1.54) is 10.9 Å². The summed E-state index contributed by atoms with van der Waals surface area (Å²) in [5.74, 6) is 1.00.